The van der Waals surface area contributed by atoms with Gasteiger partial charge in [-0.15, -0.1) is 0 Å². The van der Waals surface area contributed by atoms with Gasteiger partial charge in [0.05, 0.1) is 6.61 Å². The second-order valence-electron chi connectivity index (χ2n) is 4.99. The molecule has 0 bridgehead atoms. The highest BCUT2D eigenvalue weighted by Gasteiger charge is 2.15. The lowest BCUT2D eigenvalue weighted by molar-refractivity contribution is 0.199. The molecule has 0 amide bonds. The Bertz CT molecular complexity index is 191. The lowest BCUT2D eigenvalue weighted by atomic mass is 9.82. The van der Waals surface area contributed by atoms with Crippen molar-refractivity contribution in [2.24, 2.45) is 11.8 Å². The van der Waals surface area contributed by atoms with Gasteiger partial charge >= 0.3 is 0 Å². The van der Waals surface area contributed by atoms with Gasteiger partial charge in [-0.2, -0.15) is 0 Å². The second kappa shape index (κ2) is 8.77. The molecule has 1 N–H and O–H groups in total. The summed E-state index contributed by atoms with van der Waals surface area (Å²) in [5.41, 5.74) is 0. The van der Waals surface area contributed by atoms with Crippen LogP contribution in [-0.4, -0.2) is 26.8 Å². The van der Waals surface area contributed by atoms with Crippen LogP contribution in [0.5, 0.6) is 0 Å². The summed E-state index contributed by atoms with van der Waals surface area (Å²) >= 11 is 0. The molecule has 0 spiro atoms. The summed E-state index contributed by atoms with van der Waals surface area (Å²) in [5, 5.41) is 3.36. The van der Waals surface area contributed by atoms with Gasteiger partial charge in [0.1, 0.15) is 0 Å². The van der Waals surface area contributed by atoms with Crippen molar-refractivity contribution < 1.29 is 4.74 Å². The van der Waals surface area contributed by atoms with E-state index in [2.05, 4.69) is 24.4 Å². The van der Waals surface area contributed by atoms with E-state index in [-0.39, 0.29) is 0 Å². The predicted octanol–water partition coefficient (Wildman–Crippen LogP) is 3.00. The van der Waals surface area contributed by atoms with Gasteiger partial charge < -0.3 is 10.1 Å². The minimum Gasteiger partial charge on any atom is -0.383 e. The number of hydrogen-bond acceptors (Lipinski definition) is 2. The van der Waals surface area contributed by atoms with Crippen molar-refractivity contribution in [1.82, 2.24) is 5.32 Å². The maximum Gasteiger partial charge on any atom is 0.0587 e. The Labute approximate surface area is 100 Å². The Morgan fingerprint density at radius 2 is 2.19 bits per heavy atom. The molecule has 1 aliphatic carbocycles. The Morgan fingerprint density at radius 1 is 1.31 bits per heavy atom. The van der Waals surface area contributed by atoms with Crippen LogP contribution in [0.1, 0.15) is 39.0 Å². The summed E-state index contributed by atoms with van der Waals surface area (Å²) < 4.78 is 4.97. The van der Waals surface area contributed by atoms with Crippen molar-refractivity contribution in [3.8, 4) is 0 Å². The fourth-order valence-electron chi connectivity index (χ4n) is 2.43. The Kier molecular flexibility index (Phi) is 7.52. The summed E-state index contributed by atoms with van der Waals surface area (Å²) in [6.07, 6.45) is 11.6. The number of rotatable bonds is 7. The normalized spacial score (nSPS) is 26.4. The zero-order chi connectivity index (χ0) is 11.6. The molecule has 1 saturated carbocycles. The lowest BCUT2D eigenvalue weighted by Gasteiger charge is -2.24. The van der Waals surface area contributed by atoms with E-state index in [1.54, 1.807) is 7.11 Å². The Balaban J connectivity index is 1.98. The van der Waals surface area contributed by atoms with Gasteiger partial charge in [-0.1, -0.05) is 31.9 Å². The average Bonchev–Trinajstić information content (AvgIpc) is 2.28. The Morgan fingerprint density at radius 3 is 2.94 bits per heavy atom. The van der Waals surface area contributed by atoms with E-state index in [4.69, 9.17) is 4.74 Å². The maximum atomic E-state index is 4.97. The largest absolute Gasteiger partial charge is 0.383 e. The van der Waals surface area contributed by atoms with Gasteiger partial charge in [0, 0.05) is 13.7 Å². The van der Waals surface area contributed by atoms with Crippen molar-refractivity contribution in [1.29, 1.82) is 0 Å². The van der Waals surface area contributed by atoms with E-state index in [0.29, 0.717) is 0 Å². The van der Waals surface area contributed by atoms with E-state index < -0.39 is 0 Å². The number of methoxy groups -OCH3 is 1. The van der Waals surface area contributed by atoms with Gasteiger partial charge in [-0.3, -0.25) is 0 Å². The first-order valence-corrected chi connectivity index (χ1v) is 6.69. The van der Waals surface area contributed by atoms with Crippen molar-refractivity contribution in [3.63, 3.8) is 0 Å². The summed E-state index contributed by atoms with van der Waals surface area (Å²) in [7, 11) is 1.74. The van der Waals surface area contributed by atoms with Gasteiger partial charge in [-0.05, 0) is 37.6 Å². The molecule has 0 aromatic carbocycles. The molecule has 0 saturated heterocycles. The molecule has 1 fully saturated rings. The van der Waals surface area contributed by atoms with Crippen molar-refractivity contribution in [2.75, 3.05) is 26.8 Å². The highest BCUT2D eigenvalue weighted by Crippen LogP contribution is 2.29. The summed E-state index contributed by atoms with van der Waals surface area (Å²) in [4.78, 5) is 0. The molecule has 2 atom stereocenters. The van der Waals surface area contributed by atoms with Gasteiger partial charge in [-0.25, -0.2) is 0 Å². The molecule has 0 aromatic heterocycles. The minimum atomic E-state index is 0.809. The van der Waals surface area contributed by atoms with Crippen molar-refractivity contribution in [3.05, 3.63) is 12.2 Å². The first-order valence-electron chi connectivity index (χ1n) is 6.69. The summed E-state index contributed by atoms with van der Waals surface area (Å²) in [6.45, 7) is 5.23. The van der Waals surface area contributed by atoms with E-state index in [0.717, 1.165) is 38.0 Å². The molecule has 1 aliphatic rings. The van der Waals surface area contributed by atoms with Gasteiger partial charge in [0.15, 0.2) is 0 Å². The zero-order valence-corrected chi connectivity index (χ0v) is 10.9. The number of allylic oxidation sites excluding steroid dienone is 1. The van der Waals surface area contributed by atoms with Crippen LogP contribution in [0, 0.1) is 11.8 Å². The molecule has 0 aromatic rings. The molecule has 0 heterocycles. The van der Waals surface area contributed by atoms with E-state index in [1.807, 2.05) is 0 Å². The van der Waals surface area contributed by atoms with E-state index in [9.17, 15) is 0 Å². The maximum absolute atomic E-state index is 4.97. The topological polar surface area (TPSA) is 21.3 Å². The zero-order valence-electron chi connectivity index (χ0n) is 10.9. The SMILES string of the molecule is COCCNCCC=CC1CCCC(C)C1. The molecule has 16 heavy (non-hydrogen) atoms. The average molecular weight is 225 g/mol. The van der Waals surface area contributed by atoms with Crippen LogP contribution in [0.25, 0.3) is 0 Å². The van der Waals surface area contributed by atoms with Gasteiger partial charge in [0.25, 0.3) is 0 Å². The van der Waals surface area contributed by atoms with Gasteiger partial charge in [0.2, 0.25) is 0 Å². The molecule has 0 aliphatic heterocycles. The van der Waals surface area contributed by atoms with Crippen LogP contribution < -0.4 is 5.32 Å². The summed E-state index contributed by atoms with van der Waals surface area (Å²) in [5.74, 6) is 1.78. The third-order valence-electron chi connectivity index (χ3n) is 3.36. The molecule has 2 nitrogen and oxygen atoms in total. The minimum absolute atomic E-state index is 0.809. The molecule has 0 radical (unpaired) electrons. The Hall–Kier alpha value is -0.340. The van der Waals surface area contributed by atoms with Crippen LogP contribution in [0.15, 0.2) is 12.2 Å². The highest BCUT2D eigenvalue weighted by molar-refractivity contribution is 4.91. The number of nitrogens with one attached hydrogen (secondary N) is 1. The van der Waals surface area contributed by atoms with Crippen LogP contribution >= 0.6 is 0 Å². The smallest absolute Gasteiger partial charge is 0.0587 e. The first-order chi connectivity index (χ1) is 7.83. The molecular formula is C14H27NO. The van der Waals surface area contributed by atoms with Crippen molar-refractivity contribution >= 4 is 0 Å². The predicted molar refractivity (Wildman–Crippen MR) is 69.6 cm³/mol. The number of ether oxygens (including phenoxy) is 1. The molecule has 2 unspecified atom stereocenters. The second-order valence-corrected chi connectivity index (χ2v) is 4.99. The number of hydrogen-bond donors (Lipinski definition) is 1. The summed E-state index contributed by atoms with van der Waals surface area (Å²) in [6, 6.07) is 0. The van der Waals surface area contributed by atoms with Crippen LogP contribution in [0.4, 0.5) is 0 Å². The highest BCUT2D eigenvalue weighted by atomic mass is 16.5. The van der Waals surface area contributed by atoms with Crippen LogP contribution in [0.3, 0.4) is 0 Å². The molecule has 1 rings (SSSR count). The van der Waals surface area contributed by atoms with Crippen LogP contribution in [0.2, 0.25) is 0 Å². The standard InChI is InChI=1S/C14H27NO/c1-13-6-5-8-14(12-13)7-3-4-9-15-10-11-16-2/h3,7,13-15H,4-6,8-12H2,1-2H3. The lowest BCUT2D eigenvalue weighted by Crippen LogP contribution is -2.19. The van der Waals surface area contributed by atoms with Crippen molar-refractivity contribution in [2.45, 2.75) is 39.0 Å². The molecular weight excluding hydrogens is 198 g/mol. The monoisotopic (exact) mass is 225 g/mol. The van der Waals surface area contributed by atoms with Crippen LogP contribution in [-0.2, 0) is 4.74 Å². The first kappa shape index (κ1) is 13.7. The van der Waals surface area contributed by atoms with E-state index >= 15 is 0 Å². The van der Waals surface area contributed by atoms with E-state index in [1.165, 1.54) is 25.7 Å². The fourth-order valence-corrected chi connectivity index (χ4v) is 2.43. The fraction of sp³-hybridized carbons (Fsp3) is 0.857. The third kappa shape index (κ3) is 6.29. The molecule has 2 heteroatoms. The molecule has 94 valence electrons. The quantitative estimate of drug-likeness (QED) is 0.531. The third-order valence-corrected chi connectivity index (χ3v) is 3.36.